The maximum absolute atomic E-state index is 12.2. The maximum atomic E-state index is 12.2. The number of nitrogens with two attached hydrogens (primary N) is 2. The number of carbonyl (C=O) groups is 2. The first kappa shape index (κ1) is 25.2. The molecule has 0 bridgehead atoms. The number of aliphatic hydroxyl groups is 2. The van der Waals surface area contributed by atoms with E-state index in [1.54, 1.807) is 6.92 Å². The van der Waals surface area contributed by atoms with Crippen LogP contribution < -0.4 is 16.8 Å². The topological polar surface area (TPSA) is 201 Å². The van der Waals surface area contributed by atoms with Gasteiger partial charge in [-0.1, -0.05) is 0 Å². The van der Waals surface area contributed by atoms with E-state index in [2.05, 4.69) is 20.3 Å². The number of aliphatic hydroxyl groups excluding tert-OH is 2. The molecular weight excluding hydrogens is 458 g/mol. The second kappa shape index (κ2) is 10.8. The maximum Gasteiger partial charge on any atom is 0.308 e. The number of carbonyl (C=O) groups excluding carboxylic acids is 2. The molecule has 4 rings (SSSR count). The second-order valence-corrected chi connectivity index (χ2v) is 9.05. The first-order valence-electron chi connectivity index (χ1n) is 12.0. The number of anilines is 1. The van der Waals surface area contributed by atoms with Crippen LogP contribution in [0.3, 0.4) is 0 Å². The number of likely N-dealkylation sites (N-methyl/N-ethyl adjacent to an activating group) is 1. The van der Waals surface area contributed by atoms with E-state index in [4.69, 9.17) is 20.9 Å². The molecule has 1 amide bonds. The van der Waals surface area contributed by atoms with E-state index in [-0.39, 0.29) is 30.2 Å². The van der Waals surface area contributed by atoms with Crippen molar-refractivity contribution in [2.24, 2.45) is 17.6 Å². The van der Waals surface area contributed by atoms with Crippen molar-refractivity contribution in [3.05, 3.63) is 12.2 Å². The third-order valence-corrected chi connectivity index (χ3v) is 6.63. The van der Waals surface area contributed by atoms with Crippen molar-refractivity contribution < 1.29 is 29.3 Å². The first-order chi connectivity index (χ1) is 16.8. The molecular formula is C22H33N7O6. The normalized spacial score (nSPS) is 28.8. The van der Waals surface area contributed by atoms with Crippen molar-refractivity contribution in [2.45, 2.75) is 63.6 Å². The van der Waals surface area contributed by atoms with Crippen LogP contribution in [0.2, 0.25) is 0 Å². The number of amides is 1. The zero-order valence-electron chi connectivity index (χ0n) is 19.7. The molecule has 4 atom stereocenters. The van der Waals surface area contributed by atoms with E-state index in [0.717, 1.165) is 25.7 Å². The Bertz CT molecular complexity index is 1050. The van der Waals surface area contributed by atoms with Crippen LogP contribution in [-0.2, 0) is 25.5 Å². The molecule has 2 aromatic heterocycles. The SMILES string of the molecule is CCNC(=O)[C@H]1O[C@@H](n2cnc3c(N)nc(CC4CCC(C(=O)OCCN)CC4)nc32)C(O)[C@H]1O. The molecule has 35 heavy (non-hydrogen) atoms. The molecule has 7 N–H and O–H groups in total. The number of esters is 1. The standard InChI is InChI=1S/C22H33N7O6/c1-2-25-20(32)17-15(30)16(31)21(35-17)29-10-26-14-18(24)27-13(28-19(14)29)9-11-3-5-12(6-4-11)22(33)34-8-7-23/h10-12,15-17,21,30-31H,2-9,23H2,1H3,(H,25,32)(H2,24,27,28)/t11?,12?,15-,16?,17+,21-/m1/s1. The van der Waals surface area contributed by atoms with E-state index in [1.807, 2.05) is 0 Å². The fourth-order valence-electron chi connectivity index (χ4n) is 4.78. The Labute approximate surface area is 202 Å². The highest BCUT2D eigenvalue weighted by molar-refractivity contribution is 5.83. The molecule has 13 nitrogen and oxygen atoms in total. The highest BCUT2D eigenvalue weighted by atomic mass is 16.6. The molecule has 1 unspecified atom stereocenters. The van der Waals surface area contributed by atoms with Crippen LogP contribution in [0, 0.1) is 11.8 Å². The smallest absolute Gasteiger partial charge is 0.308 e. The zero-order valence-corrected chi connectivity index (χ0v) is 19.7. The predicted molar refractivity (Wildman–Crippen MR) is 124 cm³/mol. The monoisotopic (exact) mass is 491 g/mol. The highest BCUT2D eigenvalue weighted by Gasteiger charge is 2.47. The van der Waals surface area contributed by atoms with Gasteiger partial charge in [-0.2, -0.15) is 0 Å². The minimum atomic E-state index is -1.41. The molecule has 13 heteroatoms. The molecule has 192 valence electrons. The minimum Gasteiger partial charge on any atom is -0.464 e. The number of rotatable bonds is 8. The molecule has 0 aromatic carbocycles. The fourth-order valence-corrected chi connectivity index (χ4v) is 4.78. The quantitative estimate of drug-likeness (QED) is 0.284. The minimum absolute atomic E-state index is 0.113. The number of ether oxygens (including phenoxy) is 2. The summed E-state index contributed by atoms with van der Waals surface area (Å²) in [6, 6.07) is 0. The summed E-state index contributed by atoms with van der Waals surface area (Å²) in [4.78, 5) is 37.6. The van der Waals surface area contributed by atoms with Crippen molar-refractivity contribution in [1.29, 1.82) is 0 Å². The summed E-state index contributed by atoms with van der Waals surface area (Å²) in [5.41, 5.74) is 12.2. The van der Waals surface area contributed by atoms with Gasteiger partial charge < -0.3 is 36.5 Å². The summed E-state index contributed by atoms with van der Waals surface area (Å²) >= 11 is 0. The average molecular weight is 492 g/mol. The average Bonchev–Trinajstić information content (AvgIpc) is 3.39. The van der Waals surface area contributed by atoms with Crippen molar-refractivity contribution in [3.8, 4) is 0 Å². The fraction of sp³-hybridized carbons (Fsp3) is 0.682. The van der Waals surface area contributed by atoms with E-state index >= 15 is 0 Å². The number of hydrogen-bond acceptors (Lipinski definition) is 11. The molecule has 1 saturated heterocycles. The van der Waals surface area contributed by atoms with Crippen LogP contribution in [0.4, 0.5) is 5.82 Å². The molecule has 1 saturated carbocycles. The van der Waals surface area contributed by atoms with Crippen LogP contribution in [0.15, 0.2) is 6.33 Å². The van der Waals surface area contributed by atoms with Crippen molar-refractivity contribution in [1.82, 2.24) is 24.8 Å². The summed E-state index contributed by atoms with van der Waals surface area (Å²) in [7, 11) is 0. The lowest BCUT2D eigenvalue weighted by molar-refractivity contribution is -0.149. The summed E-state index contributed by atoms with van der Waals surface area (Å²) in [5, 5.41) is 23.5. The Hall–Kier alpha value is -2.87. The second-order valence-electron chi connectivity index (χ2n) is 9.05. The molecule has 0 radical (unpaired) electrons. The highest BCUT2D eigenvalue weighted by Crippen LogP contribution is 2.34. The molecule has 3 heterocycles. The molecule has 1 aliphatic heterocycles. The molecule has 0 spiro atoms. The lowest BCUT2D eigenvalue weighted by Gasteiger charge is -2.26. The van der Waals surface area contributed by atoms with Crippen LogP contribution in [0.1, 0.15) is 44.7 Å². The molecule has 2 aliphatic rings. The van der Waals surface area contributed by atoms with Crippen molar-refractivity contribution in [3.63, 3.8) is 0 Å². The van der Waals surface area contributed by atoms with Gasteiger partial charge in [0.15, 0.2) is 23.8 Å². The Morgan fingerprint density at radius 2 is 1.97 bits per heavy atom. The van der Waals surface area contributed by atoms with Crippen LogP contribution in [-0.4, -0.2) is 79.6 Å². The third kappa shape index (κ3) is 5.22. The van der Waals surface area contributed by atoms with Gasteiger partial charge in [0.25, 0.3) is 5.91 Å². The Morgan fingerprint density at radius 3 is 2.66 bits per heavy atom. The number of nitrogens with one attached hydrogen (secondary N) is 1. The predicted octanol–water partition coefficient (Wildman–Crippen LogP) is -0.985. The van der Waals surface area contributed by atoms with E-state index in [0.29, 0.717) is 36.5 Å². The van der Waals surface area contributed by atoms with Crippen LogP contribution >= 0.6 is 0 Å². The molecule has 1 aliphatic carbocycles. The van der Waals surface area contributed by atoms with Gasteiger partial charge in [0, 0.05) is 19.5 Å². The van der Waals surface area contributed by atoms with Gasteiger partial charge in [0.2, 0.25) is 0 Å². The largest absolute Gasteiger partial charge is 0.464 e. The van der Waals surface area contributed by atoms with Gasteiger partial charge in [-0.25, -0.2) is 15.0 Å². The lowest BCUT2D eigenvalue weighted by Crippen LogP contribution is -2.42. The van der Waals surface area contributed by atoms with Crippen molar-refractivity contribution in [2.75, 3.05) is 25.4 Å². The Kier molecular flexibility index (Phi) is 7.79. The van der Waals surface area contributed by atoms with E-state index in [9.17, 15) is 19.8 Å². The summed E-state index contributed by atoms with van der Waals surface area (Å²) in [5.74, 6) is 0.165. The van der Waals surface area contributed by atoms with Gasteiger partial charge in [-0.15, -0.1) is 0 Å². The van der Waals surface area contributed by atoms with Gasteiger partial charge in [-0.05, 0) is 38.5 Å². The number of imidazole rings is 1. The number of aromatic nitrogens is 4. The van der Waals surface area contributed by atoms with Gasteiger partial charge >= 0.3 is 5.97 Å². The van der Waals surface area contributed by atoms with Gasteiger partial charge in [0.05, 0.1) is 12.2 Å². The molecule has 2 fully saturated rings. The summed E-state index contributed by atoms with van der Waals surface area (Å²) < 4.78 is 12.3. The van der Waals surface area contributed by atoms with E-state index in [1.165, 1.54) is 10.9 Å². The lowest BCUT2D eigenvalue weighted by atomic mass is 9.80. The summed E-state index contributed by atoms with van der Waals surface area (Å²) in [6.07, 6.45) is 0.00474. The number of nitrogen functional groups attached to an aromatic ring is 1. The van der Waals surface area contributed by atoms with Crippen LogP contribution in [0.25, 0.3) is 11.2 Å². The number of hydrogen-bond donors (Lipinski definition) is 5. The van der Waals surface area contributed by atoms with Crippen molar-refractivity contribution >= 4 is 28.9 Å². The van der Waals surface area contributed by atoms with E-state index < -0.39 is 30.4 Å². The molecule has 2 aromatic rings. The number of fused-ring (bicyclic) bond motifs is 1. The Morgan fingerprint density at radius 1 is 1.23 bits per heavy atom. The van der Waals surface area contributed by atoms with Gasteiger partial charge in [-0.3, -0.25) is 14.2 Å². The van der Waals surface area contributed by atoms with Gasteiger partial charge in [0.1, 0.15) is 30.2 Å². The van der Waals surface area contributed by atoms with Crippen LogP contribution in [0.5, 0.6) is 0 Å². The Balaban J connectivity index is 1.48. The number of nitrogens with zero attached hydrogens (tertiary/aromatic N) is 4. The first-order valence-corrected chi connectivity index (χ1v) is 12.0. The summed E-state index contributed by atoms with van der Waals surface area (Å²) in [6.45, 7) is 2.66. The zero-order chi connectivity index (χ0) is 25.1. The third-order valence-electron chi connectivity index (χ3n) is 6.63.